The lowest BCUT2D eigenvalue weighted by Crippen LogP contribution is -2.25. The van der Waals surface area contributed by atoms with Crippen LogP contribution in [0.25, 0.3) is 0 Å². The second-order valence-electron chi connectivity index (χ2n) is 4.88. The Hall–Kier alpha value is -2.62. The van der Waals surface area contributed by atoms with E-state index in [1.165, 1.54) is 0 Å². The topological polar surface area (TPSA) is 55.4 Å². The van der Waals surface area contributed by atoms with Gasteiger partial charge in [-0.05, 0) is 12.0 Å². The number of Topliss-reactive ketones (excluding diaryl/α,β-unsaturated/α-hetero) is 1. The molecule has 0 radical (unpaired) electrons. The highest BCUT2D eigenvalue weighted by Crippen LogP contribution is 2.04. The molecule has 0 aliphatic rings. The third kappa shape index (κ3) is 5.40. The van der Waals surface area contributed by atoms with Crippen LogP contribution in [0.15, 0.2) is 60.7 Å². The first-order valence-electron chi connectivity index (χ1n) is 7.28. The average molecular weight is 297 g/mol. The Labute approximate surface area is 130 Å². The lowest BCUT2D eigenvalue weighted by Gasteiger charge is -2.07. The van der Waals surface area contributed by atoms with E-state index in [2.05, 4.69) is 5.32 Å². The Morgan fingerprint density at radius 3 is 2.23 bits per heavy atom. The molecule has 0 bridgehead atoms. The van der Waals surface area contributed by atoms with E-state index >= 15 is 0 Å². The molecule has 2 aromatic carbocycles. The van der Waals surface area contributed by atoms with E-state index < -0.39 is 6.09 Å². The summed E-state index contributed by atoms with van der Waals surface area (Å²) in [6, 6.07) is 18.6. The molecule has 1 amide bonds. The number of nitrogens with one attached hydrogen (secondary N) is 1. The van der Waals surface area contributed by atoms with Gasteiger partial charge in [-0.25, -0.2) is 4.79 Å². The molecule has 1 N–H and O–H groups in total. The summed E-state index contributed by atoms with van der Waals surface area (Å²) in [5.74, 6) is 0.0834. The molecule has 2 aromatic rings. The summed E-state index contributed by atoms with van der Waals surface area (Å²) < 4.78 is 5.08. The van der Waals surface area contributed by atoms with Crippen LogP contribution in [0.3, 0.4) is 0 Å². The minimum atomic E-state index is -0.462. The number of ketones is 1. The summed E-state index contributed by atoms with van der Waals surface area (Å²) in [4.78, 5) is 23.4. The average Bonchev–Trinajstić information content (AvgIpc) is 2.58. The minimum Gasteiger partial charge on any atom is -0.445 e. The quantitative estimate of drug-likeness (QED) is 0.628. The van der Waals surface area contributed by atoms with Crippen molar-refractivity contribution in [2.24, 2.45) is 0 Å². The molecule has 0 aromatic heterocycles. The fraction of sp³-hybridized carbons (Fsp3) is 0.222. The van der Waals surface area contributed by atoms with Crippen molar-refractivity contribution in [3.05, 3.63) is 71.8 Å². The molecule has 0 unspecified atom stereocenters. The number of hydrogen-bond acceptors (Lipinski definition) is 3. The van der Waals surface area contributed by atoms with Crippen molar-refractivity contribution in [1.82, 2.24) is 5.32 Å². The maximum absolute atomic E-state index is 11.9. The normalized spacial score (nSPS) is 10.0. The van der Waals surface area contributed by atoms with Crippen molar-refractivity contribution >= 4 is 11.9 Å². The van der Waals surface area contributed by atoms with Crippen LogP contribution in [0.4, 0.5) is 4.79 Å². The molecule has 0 aliphatic heterocycles. The van der Waals surface area contributed by atoms with Gasteiger partial charge in [0.2, 0.25) is 0 Å². The molecule has 0 atom stereocenters. The fourth-order valence-corrected chi connectivity index (χ4v) is 1.98. The van der Waals surface area contributed by atoms with E-state index in [9.17, 15) is 9.59 Å². The van der Waals surface area contributed by atoms with Gasteiger partial charge in [0.15, 0.2) is 5.78 Å². The van der Waals surface area contributed by atoms with Crippen molar-refractivity contribution in [3.8, 4) is 0 Å². The Kier molecular flexibility index (Phi) is 6.18. The maximum Gasteiger partial charge on any atom is 0.407 e. The first-order chi connectivity index (χ1) is 10.8. The zero-order valence-corrected chi connectivity index (χ0v) is 12.3. The molecule has 22 heavy (non-hydrogen) atoms. The Morgan fingerprint density at radius 1 is 0.909 bits per heavy atom. The van der Waals surface area contributed by atoms with E-state index in [0.717, 1.165) is 5.56 Å². The van der Waals surface area contributed by atoms with Gasteiger partial charge < -0.3 is 10.1 Å². The van der Waals surface area contributed by atoms with Crippen LogP contribution >= 0.6 is 0 Å². The van der Waals surface area contributed by atoms with E-state index in [4.69, 9.17) is 4.74 Å². The molecule has 114 valence electrons. The third-order valence-electron chi connectivity index (χ3n) is 3.16. The van der Waals surface area contributed by atoms with E-state index in [1.54, 1.807) is 12.1 Å². The summed E-state index contributed by atoms with van der Waals surface area (Å²) >= 11 is 0. The van der Waals surface area contributed by atoms with Gasteiger partial charge in [-0.3, -0.25) is 4.79 Å². The summed E-state index contributed by atoms with van der Waals surface area (Å²) in [6.07, 6.45) is 0.535. The van der Waals surface area contributed by atoms with Crippen molar-refractivity contribution < 1.29 is 14.3 Å². The molecule has 2 rings (SSSR count). The largest absolute Gasteiger partial charge is 0.445 e. The first-order valence-corrected chi connectivity index (χ1v) is 7.28. The molecule has 0 saturated heterocycles. The molecule has 0 aliphatic carbocycles. The standard InChI is InChI=1S/C18H19NO3/c20-17(16-10-5-2-6-11-16)12-7-13-19-18(21)22-14-15-8-3-1-4-9-15/h1-6,8-11H,7,12-14H2,(H,19,21). The predicted octanol–water partition coefficient (Wildman–Crippen LogP) is 3.58. The number of amides is 1. The van der Waals surface area contributed by atoms with Crippen molar-refractivity contribution in [3.63, 3.8) is 0 Å². The Balaban J connectivity index is 1.60. The molecule has 4 heteroatoms. The number of carbonyl (C=O) groups excluding carboxylic acids is 2. The van der Waals surface area contributed by atoms with Crippen molar-refractivity contribution in [2.75, 3.05) is 6.54 Å². The van der Waals surface area contributed by atoms with Gasteiger partial charge in [-0.1, -0.05) is 60.7 Å². The van der Waals surface area contributed by atoms with Gasteiger partial charge in [0.25, 0.3) is 0 Å². The van der Waals surface area contributed by atoms with Crippen LogP contribution in [0.1, 0.15) is 28.8 Å². The van der Waals surface area contributed by atoms with Crippen LogP contribution < -0.4 is 5.32 Å². The van der Waals surface area contributed by atoms with Crippen LogP contribution in [0.5, 0.6) is 0 Å². The smallest absolute Gasteiger partial charge is 0.407 e. The summed E-state index contributed by atoms with van der Waals surface area (Å²) in [5.41, 5.74) is 1.64. The fourth-order valence-electron chi connectivity index (χ4n) is 1.98. The van der Waals surface area contributed by atoms with Crippen LogP contribution in [0.2, 0.25) is 0 Å². The summed E-state index contributed by atoms with van der Waals surface area (Å²) in [5, 5.41) is 2.65. The second-order valence-corrected chi connectivity index (χ2v) is 4.88. The molecular weight excluding hydrogens is 278 g/mol. The first kappa shape index (κ1) is 15.8. The van der Waals surface area contributed by atoms with Gasteiger partial charge in [0, 0.05) is 18.5 Å². The molecule has 0 saturated carbocycles. The molecule has 0 fully saturated rings. The predicted molar refractivity (Wildman–Crippen MR) is 84.6 cm³/mol. The molecule has 0 spiro atoms. The Morgan fingerprint density at radius 2 is 1.55 bits per heavy atom. The highest BCUT2D eigenvalue weighted by atomic mass is 16.5. The van der Waals surface area contributed by atoms with Crippen LogP contribution in [0, 0.1) is 0 Å². The highest BCUT2D eigenvalue weighted by molar-refractivity contribution is 5.95. The molecule has 0 heterocycles. The molecular formula is C18H19NO3. The number of rotatable bonds is 7. The summed E-state index contributed by atoms with van der Waals surface area (Å²) in [7, 11) is 0. The van der Waals surface area contributed by atoms with Crippen LogP contribution in [-0.4, -0.2) is 18.4 Å². The van der Waals surface area contributed by atoms with Gasteiger partial charge in [-0.15, -0.1) is 0 Å². The van der Waals surface area contributed by atoms with Crippen molar-refractivity contribution in [1.29, 1.82) is 0 Å². The van der Waals surface area contributed by atoms with E-state index in [0.29, 0.717) is 24.9 Å². The van der Waals surface area contributed by atoms with Gasteiger partial charge in [0.05, 0.1) is 0 Å². The number of alkyl carbamates (subject to hydrolysis) is 1. The monoisotopic (exact) mass is 297 g/mol. The lowest BCUT2D eigenvalue weighted by molar-refractivity contribution is 0.0978. The number of hydrogen-bond donors (Lipinski definition) is 1. The van der Waals surface area contributed by atoms with Gasteiger partial charge in [-0.2, -0.15) is 0 Å². The lowest BCUT2D eigenvalue weighted by atomic mass is 10.1. The summed E-state index contributed by atoms with van der Waals surface area (Å²) in [6.45, 7) is 0.668. The zero-order chi connectivity index (χ0) is 15.6. The second kappa shape index (κ2) is 8.62. The van der Waals surface area contributed by atoms with Gasteiger partial charge in [0.1, 0.15) is 6.61 Å². The number of benzene rings is 2. The molecule has 4 nitrogen and oxygen atoms in total. The highest BCUT2D eigenvalue weighted by Gasteiger charge is 2.06. The number of carbonyl (C=O) groups is 2. The van der Waals surface area contributed by atoms with E-state index in [-0.39, 0.29) is 12.4 Å². The minimum absolute atomic E-state index is 0.0834. The number of ether oxygens (including phenoxy) is 1. The third-order valence-corrected chi connectivity index (χ3v) is 3.16. The van der Waals surface area contributed by atoms with Crippen LogP contribution in [-0.2, 0) is 11.3 Å². The SMILES string of the molecule is O=C(NCCCC(=O)c1ccccc1)OCc1ccccc1. The Bertz CT molecular complexity index is 596. The maximum atomic E-state index is 11.9. The van der Waals surface area contributed by atoms with Crippen molar-refractivity contribution in [2.45, 2.75) is 19.4 Å². The van der Waals surface area contributed by atoms with E-state index in [1.807, 2.05) is 48.5 Å². The zero-order valence-electron chi connectivity index (χ0n) is 12.3. The van der Waals surface area contributed by atoms with Gasteiger partial charge >= 0.3 is 6.09 Å².